The summed E-state index contributed by atoms with van der Waals surface area (Å²) in [6.07, 6.45) is 0. The third kappa shape index (κ3) is 4.87. The molecule has 0 aromatic heterocycles. The normalized spacial score (nSPS) is 11.1. The first kappa shape index (κ1) is 18.1. The summed E-state index contributed by atoms with van der Waals surface area (Å²) in [6.45, 7) is 2.74. The maximum absolute atomic E-state index is 12.2. The van der Waals surface area contributed by atoms with Gasteiger partial charge in [-0.05, 0) is 43.3 Å². The second kappa shape index (κ2) is 8.56. The molecule has 24 heavy (non-hydrogen) atoms. The maximum atomic E-state index is 12.2. The lowest BCUT2D eigenvalue weighted by atomic mass is 10.3. The number of hydrogen-bond acceptors (Lipinski definition) is 5. The van der Waals surface area contributed by atoms with Gasteiger partial charge in [0.25, 0.3) is 0 Å². The molecular weight excluding hydrogens is 330 g/mol. The van der Waals surface area contributed by atoms with E-state index < -0.39 is 10.0 Å². The quantitative estimate of drug-likeness (QED) is 0.703. The molecule has 130 valence electrons. The minimum absolute atomic E-state index is 0.146. The second-order valence-corrected chi connectivity index (χ2v) is 6.57. The Morgan fingerprint density at radius 1 is 0.958 bits per heavy atom. The molecule has 0 atom stereocenters. The van der Waals surface area contributed by atoms with Crippen molar-refractivity contribution in [1.82, 2.24) is 4.72 Å². The van der Waals surface area contributed by atoms with E-state index in [0.717, 1.165) is 0 Å². The molecule has 1 N–H and O–H groups in total. The molecule has 7 heteroatoms. The van der Waals surface area contributed by atoms with E-state index in [4.69, 9.17) is 14.2 Å². The van der Waals surface area contributed by atoms with Crippen LogP contribution in [0.2, 0.25) is 0 Å². The lowest BCUT2D eigenvalue weighted by Gasteiger charge is -2.11. The molecule has 0 radical (unpaired) electrons. The third-order valence-electron chi connectivity index (χ3n) is 3.17. The predicted molar refractivity (Wildman–Crippen MR) is 91.3 cm³/mol. The Bertz CT molecular complexity index is 744. The molecule has 0 saturated heterocycles. The molecule has 6 nitrogen and oxygen atoms in total. The smallest absolute Gasteiger partial charge is 0.240 e. The zero-order valence-corrected chi connectivity index (χ0v) is 14.5. The van der Waals surface area contributed by atoms with Crippen molar-refractivity contribution in [3.63, 3.8) is 0 Å². The standard InChI is InChI=1S/C17H21NO5S/c1-3-22-14-8-10-15(11-9-14)24(19,20)18-12-13-23-17-7-5-4-6-16(17)21-2/h4-11,18H,3,12-13H2,1-2H3. The van der Waals surface area contributed by atoms with Crippen LogP contribution in [0.25, 0.3) is 0 Å². The van der Waals surface area contributed by atoms with Crippen LogP contribution in [0.1, 0.15) is 6.92 Å². The van der Waals surface area contributed by atoms with Crippen molar-refractivity contribution in [3.05, 3.63) is 48.5 Å². The summed E-state index contributed by atoms with van der Waals surface area (Å²) in [7, 11) is -2.03. The first-order chi connectivity index (χ1) is 11.6. The van der Waals surface area contributed by atoms with Crippen LogP contribution in [-0.2, 0) is 10.0 Å². The molecule has 0 aliphatic rings. The third-order valence-corrected chi connectivity index (χ3v) is 4.64. The molecule has 2 rings (SSSR count). The number of methoxy groups -OCH3 is 1. The van der Waals surface area contributed by atoms with Gasteiger partial charge in [0.05, 0.1) is 18.6 Å². The van der Waals surface area contributed by atoms with Crippen LogP contribution >= 0.6 is 0 Å². The van der Waals surface area contributed by atoms with E-state index in [1.54, 1.807) is 31.4 Å². The van der Waals surface area contributed by atoms with E-state index in [1.165, 1.54) is 12.1 Å². The topological polar surface area (TPSA) is 73.9 Å². The minimum Gasteiger partial charge on any atom is -0.494 e. The van der Waals surface area contributed by atoms with Gasteiger partial charge < -0.3 is 14.2 Å². The van der Waals surface area contributed by atoms with Crippen molar-refractivity contribution in [2.75, 3.05) is 26.9 Å². The zero-order chi connectivity index (χ0) is 17.4. The van der Waals surface area contributed by atoms with Crippen molar-refractivity contribution in [1.29, 1.82) is 0 Å². The Kier molecular flexibility index (Phi) is 6.45. The summed E-state index contributed by atoms with van der Waals surface area (Å²) in [5.74, 6) is 1.81. The summed E-state index contributed by atoms with van der Waals surface area (Å²) >= 11 is 0. The van der Waals surface area contributed by atoms with Gasteiger partial charge in [0, 0.05) is 6.54 Å². The molecule has 0 saturated carbocycles. The van der Waals surface area contributed by atoms with Crippen LogP contribution in [0.15, 0.2) is 53.4 Å². The van der Waals surface area contributed by atoms with E-state index in [2.05, 4.69) is 4.72 Å². The summed E-state index contributed by atoms with van der Waals surface area (Å²) in [5.41, 5.74) is 0. The van der Waals surface area contributed by atoms with Gasteiger partial charge in [0.15, 0.2) is 11.5 Å². The van der Waals surface area contributed by atoms with Crippen LogP contribution in [0.4, 0.5) is 0 Å². The van der Waals surface area contributed by atoms with E-state index in [1.807, 2.05) is 19.1 Å². The number of benzene rings is 2. The van der Waals surface area contributed by atoms with E-state index >= 15 is 0 Å². The molecule has 0 aliphatic heterocycles. The van der Waals surface area contributed by atoms with Crippen molar-refractivity contribution >= 4 is 10.0 Å². The van der Waals surface area contributed by atoms with Gasteiger partial charge in [-0.25, -0.2) is 13.1 Å². The van der Waals surface area contributed by atoms with Crippen LogP contribution in [0.5, 0.6) is 17.2 Å². The number of rotatable bonds is 9. The average molecular weight is 351 g/mol. The monoisotopic (exact) mass is 351 g/mol. The Balaban J connectivity index is 1.88. The fourth-order valence-electron chi connectivity index (χ4n) is 2.04. The Hall–Kier alpha value is -2.25. The predicted octanol–water partition coefficient (Wildman–Crippen LogP) is 2.45. The van der Waals surface area contributed by atoms with Gasteiger partial charge in [-0.3, -0.25) is 0 Å². The van der Waals surface area contributed by atoms with Crippen molar-refractivity contribution in [3.8, 4) is 17.2 Å². The summed E-state index contributed by atoms with van der Waals surface area (Å²) in [4.78, 5) is 0.184. The number of hydrogen-bond donors (Lipinski definition) is 1. The maximum Gasteiger partial charge on any atom is 0.240 e. The van der Waals surface area contributed by atoms with Crippen LogP contribution < -0.4 is 18.9 Å². The Morgan fingerprint density at radius 3 is 2.25 bits per heavy atom. The van der Waals surface area contributed by atoms with Crippen LogP contribution in [0, 0.1) is 0 Å². The number of para-hydroxylation sites is 2. The van der Waals surface area contributed by atoms with Crippen LogP contribution in [0.3, 0.4) is 0 Å². The van der Waals surface area contributed by atoms with Gasteiger partial charge in [-0.2, -0.15) is 0 Å². The molecule has 2 aromatic carbocycles. The van der Waals surface area contributed by atoms with Gasteiger partial charge in [-0.15, -0.1) is 0 Å². The molecule has 0 unspecified atom stereocenters. The molecule has 0 aliphatic carbocycles. The first-order valence-corrected chi connectivity index (χ1v) is 9.03. The van der Waals surface area contributed by atoms with E-state index in [9.17, 15) is 8.42 Å². The molecule has 0 heterocycles. The largest absolute Gasteiger partial charge is 0.494 e. The molecule has 2 aromatic rings. The second-order valence-electron chi connectivity index (χ2n) is 4.80. The summed E-state index contributed by atoms with van der Waals surface area (Å²) < 4.78 is 42.9. The average Bonchev–Trinajstić information content (AvgIpc) is 2.60. The van der Waals surface area contributed by atoms with Crippen molar-refractivity contribution in [2.45, 2.75) is 11.8 Å². The highest BCUT2D eigenvalue weighted by Crippen LogP contribution is 2.25. The Morgan fingerprint density at radius 2 is 1.62 bits per heavy atom. The first-order valence-electron chi connectivity index (χ1n) is 7.55. The Labute approximate surface area is 142 Å². The van der Waals surface area contributed by atoms with E-state index in [0.29, 0.717) is 23.9 Å². The highest BCUT2D eigenvalue weighted by atomic mass is 32.2. The molecule has 0 fully saturated rings. The molecule has 0 spiro atoms. The fraction of sp³-hybridized carbons (Fsp3) is 0.294. The lowest BCUT2D eigenvalue weighted by Crippen LogP contribution is -2.28. The van der Waals surface area contributed by atoms with Crippen molar-refractivity contribution in [2.24, 2.45) is 0 Å². The van der Waals surface area contributed by atoms with Crippen LogP contribution in [-0.4, -0.2) is 35.3 Å². The molecule has 0 amide bonds. The van der Waals surface area contributed by atoms with Gasteiger partial charge in [0.1, 0.15) is 12.4 Å². The number of sulfonamides is 1. The summed E-state index contributed by atoms with van der Waals surface area (Å²) in [6, 6.07) is 13.5. The van der Waals surface area contributed by atoms with Gasteiger partial charge in [-0.1, -0.05) is 12.1 Å². The highest BCUT2D eigenvalue weighted by molar-refractivity contribution is 7.89. The van der Waals surface area contributed by atoms with Crippen molar-refractivity contribution < 1.29 is 22.6 Å². The van der Waals surface area contributed by atoms with E-state index in [-0.39, 0.29) is 18.0 Å². The number of nitrogens with one attached hydrogen (secondary N) is 1. The summed E-state index contributed by atoms with van der Waals surface area (Å²) in [5, 5.41) is 0. The number of ether oxygens (including phenoxy) is 3. The van der Waals surface area contributed by atoms with Gasteiger partial charge in [0.2, 0.25) is 10.0 Å². The minimum atomic E-state index is -3.58. The highest BCUT2D eigenvalue weighted by Gasteiger charge is 2.13. The molecule has 0 bridgehead atoms. The SMILES string of the molecule is CCOc1ccc(S(=O)(=O)NCCOc2ccccc2OC)cc1. The fourth-order valence-corrected chi connectivity index (χ4v) is 3.05. The lowest BCUT2D eigenvalue weighted by molar-refractivity contribution is 0.298. The molecular formula is C17H21NO5S. The zero-order valence-electron chi connectivity index (χ0n) is 13.7. The van der Waals surface area contributed by atoms with Gasteiger partial charge >= 0.3 is 0 Å².